The average molecular weight is 192 g/mol. The molecule has 0 aliphatic rings. The number of carbonyl (C=O) groups excluding carboxylic acids is 1. The first-order chi connectivity index (χ1) is 6.76. The minimum Gasteiger partial charge on any atom is -0.494 e. The van der Waals surface area contributed by atoms with Gasteiger partial charge in [-0.05, 0) is 25.0 Å². The second-order valence-electron chi connectivity index (χ2n) is 2.50. The van der Waals surface area contributed by atoms with Crippen LogP contribution in [0.25, 0.3) is 0 Å². The summed E-state index contributed by atoms with van der Waals surface area (Å²) in [5, 5.41) is 0. The molecule has 0 bridgehead atoms. The van der Waals surface area contributed by atoms with E-state index in [0.29, 0.717) is 24.2 Å². The van der Waals surface area contributed by atoms with E-state index in [1.54, 1.807) is 6.07 Å². The van der Waals surface area contributed by atoms with Crippen LogP contribution in [0.3, 0.4) is 0 Å². The summed E-state index contributed by atoms with van der Waals surface area (Å²) in [4.78, 5) is 9.98. The molecule has 0 N–H and O–H groups in total. The van der Waals surface area contributed by atoms with Crippen LogP contribution in [0.5, 0.6) is 5.75 Å². The summed E-state index contributed by atoms with van der Waals surface area (Å²) in [6.07, 6.45) is 0.464. The Morgan fingerprint density at radius 3 is 2.93 bits per heavy atom. The van der Waals surface area contributed by atoms with Gasteiger partial charge in [-0.15, -0.1) is 0 Å². The second kappa shape index (κ2) is 5.03. The molecule has 0 aliphatic carbocycles. The van der Waals surface area contributed by atoms with E-state index in [2.05, 4.69) is 11.8 Å². The zero-order valence-electron chi connectivity index (χ0n) is 7.71. The van der Waals surface area contributed by atoms with Gasteiger partial charge in [-0.2, -0.15) is 0 Å². The lowest BCUT2D eigenvalue weighted by atomic mass is 10.2. The molecule has 0 radical (unpaired) electrons. The zero-order chi connectivity index (χ0) is 10.4. The third-order valence-electron chi connectivity index (χ3n) is 1.46. The van der Waals surface area contributed by atoms with Gasteiger partial charge < -0.3 is 4.74 Å². The van der Waals surface area contributed by atoms with Crippen molar-refractivity contribution >= 4 is 6.29 Å². The molecule has 1 aromatic rings. The van der Waals surface area contributed by atoms with Crippen LogP contribution in [0.15, 0.2) is 18.2 Å². The molecular weight excluding hydrogens is 183 g/mol. The third-order valence-corrected chi connectivity index (χ3v) is 1.46. The summed E-state index contributed by atoms with van der Waals surface area (Å²) in [6, 6.07) is 4.11. The molecule has 3 heteroatoms. The normalized spacial score (nSPS) is 8.71. The van der Waals surface area contributed by atoms with E-state index in [-0.39, 0.29) is 0 Å². The van der Waals surface area contributed by atoms with Crippen molar-refractivity contribution in [2.24, 2.45) is 0 Å². The summed E-state index contributed by atoms with van der Waals surface area (Å²) in [5.74, 6) is 4.70. The SMILES string of the molecule is CCOc1cc(F)cc(C#CC=O)c1. The largest absolute Gasteiger partial charge is 0.494 e. The molecule has 0 aliphatic heterocycles. The van der Waals surface area contributed by atoms with Gasteiger partial charge in [0.05, 0.1) is 6.61 Å². The molecule has 0 atom stereocenters. The van der Waals surface area contributed by atoms with E-state index in [0.717, 1.165) is 0 Å². The fraction of sp³-hybridized carbons (Fsp3) is 0.182. The van der Waals surface area contributed by atoms with Crippen LogP contribution in [0.1, 0.15) is 12.5 Å². The number of halogens is 1. The van der Waals surface area contributed by atoms with Crippen LogP contribution in [0.2, 0.25) is 0 Å². The number of benzene rings is 1. The van der Waals surface area contributed by atoms with Crippen molar-refractivity contribution in [3.63, 3.8) is 0 Å². The Labute approximate surface area is 81.7 Å². The monoisotopic (exact) mass is 192 g/mol. The van der Waals surface area contributed by atoms with E-state index >= 15 is 0 Å². The van der Waals surface area contributed by atoms with E-state index in [1.165, 1.54) is 12.1 Å². The Morgan fingerprint density at radius 2 is 2.29 bits per heavy atom. The Hall–Kier alpha value is -1.82. The first-order valence-electron chi connectivity index (χ1n) is 4.15. The highest BCUT2D eigenvalue weighted by Gasteiger charge is 1.98. The van der Waals surface area contributed by atoms with Crippen LogP contribution in [-0.2, 0) is 4.79 Å². The maximum atomic E-state index is 12.9. The van der Waals surface area contributed by atoms with Gasteiger partial charge >= 0.3 is 0 Å². The average Bonchev–Trinajstić information content (AvgIpc) is 2.14. The molecule has 0 saturated carbocycles. The number of hydrogen-bond acceptors (Lipinski definition) is 2. The molecule has 72 valence electrons. The van der Waals surface area contributed by atoms with Gasteiger partial charge in [0.1, 0.15) is 11.6 Å². The van der Waals surface area contributed by atoms with Crippen molar-refractivity contribution in [1.29, 1.82) is 0 Å². The predicted octanol–water partition coefficient (Wildman–Crippen LogP) is 1.77. The zero-order valence-corrected chi connectivity index (χ0v) is 7.71. The maximum absolute atomic E-state index is 12.9. The van der Waals surface area contributed by atoms with Crippen LogP contribution in [0, 0.1) is 17.7 Å². The Morgan fingerprint density at radius 1 is 1.50 bits per heavy atom. The van der Waals surface area contributed by atoms with Crippen molar-refractivity contribution in [3.05, 3.63) is 29.6 Å². The lowest BCUT2D eigenvalue weighted by Gasteiger charge is -2.02. The summed E-state index contributed by atoms with van der Waals surface area (Å²) in [7, 11) is 0. The maximum Gasteiger partial charge on any atom is 0.193 e. The van der Waals surface area contributed by atoms with Crippen LogP contribution in [0.4, 0.5) is 4.39 Å². The second-order valence-corrected chi connectivity index (χ2v) is 2.50. The number of hydrogen-bond donors (Lipinski definition) is 0. The van der Waals surface area contributed by atoms with E-state index in [1.807, 2.05) is 6.92 Å². The van der Waals surface area contributed by atoms with E-state index in [4.69, 9.17) is 4.74 Å². The Kier molecular flexibility index (Phi) is 3.69. The van der Waals surface area contributed by atoms with Gasteiger partial charge in [-0.25, -0.2) is 4.39 Å². The number of aldehydes is 1. The van der Waals surface area contributed by atoms with E-state index in [9.17, 15) is 9.18 Å². The number of rotatable bonds is 2. The standard InChI is InChI=1S/C11H9FO2/c1-2-14-11-7-9(4-3-5-13)6-10(12)8-11/h5-8H,2H2,1H3. The van der Waals surface area contributed by atoms with Crippen LogP contribution in [-0.4, -0.2) is 12.9 Å². The van der Waals surface area contributed by atoms with Crippen molar-refractivity contribution < 1.29 is 13.9 Å². The van der Waals surface area contributed by atoms with Crippen molar-refractivity contribution in [2.45, 2.75) is 6.92 Å². The Balaban J connectivity index is 3.00. The summed E-state index contributed by atoms with van der Waals surface area (Å²) >= 11 is 0. The molecule has 0 spiro atoms. The molecule has 0 unspecified atom stereocenters. The van der Waals surface area contributed by atoms with E-state index < -0.39 is 5.82 Å². The molecule has 0 fully saturated rings. The highest BCUT2D eigenvalue weighted by molar-refractivity contribution is 5.74. The molecule has 1 rings (SSSR count). The number of ether oxygens (including phenoxy) is 1. The molecule has 0 heterocycles. The molecule has 2 nitrogen and oxygen atoms in total. The van der Waals surface area contributed by atoms with Gasteiger partial charge in [-0.1, -0.05) is 5.92 Å². The minimum absolute atomic E-state index is 0.419. The fourth-order valence-electron chi connectivity index (χ4n) is 0.998. The summed E-state index contributed by atoms with van der Waals surface area (Å²) in [6.45, 7) is 2.27. The quantitative estimate of drug-likeness (QED) is 0.527. The number of carbonyl (C=O) groups is 1. The predicted molar refractivity (Wildman–Crippen MR) is 50.5 cm³/mol. The van der Waals surface area contributed by atoms with Crippen LogP contribution < -0.4 is 4.74 Å². The summed E-state index contributed by atoms with van der Waals surface area (Å²) in [5.41, 5.74) is 0.431. The molecule has 0 aromatic heterocycles. The van der Waals surface area contributed by atoms with Gasteiger partial charge in [0, 0.05) is 11.6 Å². The Bertz CT molecular complexity index is 388. The van der Waals surface area contributed by atoms with Crippen molar-refractivity contribution in [1.82, 2.24) is 0 Å². The molecule has 0 saturated heterocycles. The highest BCUT2D eigenvalue weighted by Crippen LogP contribution is 2.15. The van der Waals surface area contributed by atoms with Gasteiger partial charge in [0.2, 0.25) is 0 Å². The first-order valence-corrected chi connectivity index (χ1v) is 4.15. The lowest BCUT2D eigenvalue weighted by Crippen LogP contribution is -1.92. The smallest absolute Gasteiger partial charge is 0.193 e. The van der Waals surface area contributed by atoms with Crippen molar-refractivity contribution in [2.75, 3.05) is 6.61 Å². The van der Waals surface area contributed by atoms with Crippen molar-refractivity contribution in [3.8, 4) is 17.6 Å². The molecular formula is C11H9FO2. The first kappa shape index (κ1) is 10.3. The molecule has 0 amide bonds. The van der Waals surface area contributed by atoms with Gasteiger partial charge in [0.25, 0.3) is 0 Å². The summed E-state index contributed by atoms with van der Waals surface area (Å²) < 4.78 is 18.1. The fourth-order valence-corrected chi connectivity index (χ4v) is 0.998. The van der Waals surface area contributed by atoms with Gasteiger partial charge in [-0.3, -0.25) is 4.79 Å². The topological polar surface area (TPSA) is 26.3 Å². The highest BCUT2D eigenvalue weighted by atomic mass is 19.1. The lowest BCUT2D eigenvalue weighted by molar-refractivity contribution is -0.103. The van der Waals surface area contributed by atoms with Crippen LogP contribution >= 0.6 is 0 Å². The molecule has 1 aromatic carbocycles. The minimum atomic E-state index is -0.425. The van der Waals surface area contributed by atoms with Gasteiger partial charge in [0.15, 0.2) is 6.29 Å². The third kappa shape index (κ3) is 2.91. The molecule has 14 heavy (non-hydrogen) atoms.